The summed E-state index contributed by atoms with van der Waals surface area (Å²) in [4.78, 5) is 34.9. The smallest absolute Gasteiger partial charge is 0.261 e. The van der Waals surface area contributed by atoms with Crippen molar-refractivity contribution in [2.24, 2.45) is 0 Å². The molecule has 2 saturated heterocycles. The molecule has 1 N–H and O–H groups in total. The Labute approximate surface area is 182 Å². The number of halogens is 2. The minimum Gasteiger partial charge on any atom is -0.367 e. The molecular weight excluding hydrogens is 431 g/mol. The largest absolute Gasteiger partial charge is 0.367 e. The van der Waals surface area contributed by atoms with Crippen LogP contribution in [0.1, 0.15) is 16.1 Å². The number of likely N-dealkylation sites (N-methyl/N-ethyl adjacent to an activating group) is 1. The number of hydroxylamine groups is 1. The van der Waals surface area contributed by atoms with E-state index in [9.17, 15) is 14.0 Å². The molecule has 2 aliphatic rings. The van der Waals surface area contributed by atoms with Crippen molar-refractivity contribution in [3.05, 3.63) is 45.4 Å². The Morgan fingerprint density at radius 1 is 1.27 bits per heavy atom. The molecule has 4 rings (SSSR count). The van der Waals surface area contributed by atoms with Crippen LogP contribution in [-0.2, 0) is 9.63 Å². The first-order chi connectivity index (χ1) is 14.4. The summed E-state index contributed by atoms with van der Waals surface area (Å²) >= 11 is 7.02. The number of piperazine rings is 1. The number of carbonyl (C=O) groups is 2. The highest BCUT2D eigenvalue weighted by atomic mass is 35.5. The van der Waals surface area contributed by atoms with E-state index in [1.807, 2.05) is 11.9 Å². The summed E-state index contributed by atoms with van der Waals surface area (Å²) < 4.78 is 15.3. The van der Waals surface area contributed by atoms with E-state index in [1.165, 1.54) is 17.4 Å². The van der Waals surface area contributed by atoms with E-state index in [4.69, 9.17) is 16.4 Å². The monoisotopic (exact) mass is 452 g/mol. The fourth-order valence-electron chi connectivity index (χ4n) is 3.49. The van der Waals surface area contributed by atoms with Crippen LogP contribution >= 0.6 is 22.9 Å². The lowest BCUT2D eigenvalue weighted by Gasteiger charge is -2.34. The van der Waals surface area contributed by atoms with Gasteiger partial charge in [0.25, 0.3) is 11.8 Å². The molecule has 160 valence electrons. The Bertz CT molecular complexity index is 948. The molecule has 30 heavy (non-hydrogen) atoms. The molecule has 0 unspecified atom stereocenters. The average molecular weight is 453 g/mol. The van der Waals surface area contributed by atoms with Crippen LogP contribution in [0.15, 0.2) is 30.3 Å². The van der Waals surface area contributed by atoms with Crippen molar-refractivity contribution in [3.8, 4) is 0 Å². The number of nitrogens with zero attached hydrogens (tertiary/aromatic N) is 3. The Hall–Kier alpha value is -2.20. The normalized spacial score (nSPS) is 20.1. The summed E-state index contributed by atoms with van der Waals surface area (Å²) in [7, 11) is 2.04. The van der Waals surface area contributed by atoms with Crippen molar-refractivity contribution >= 4 is 46.1 Å². The lowest BCUT2D eigenvalue weighted by molar-refractivity contribution is -0.119. The maximum Gasteiger partial charge on any atom is 0.261 e. The molecule has 10 heteroatoms. The predicted octanol–water partition coefficient (Wildman–Crippen LogP) is 2.76. The number of hydrogen-bond donors (Lipinski definition) is 1. The van der Waals surface area contributed by atoms with Crippen LogP contribution in [0.4, 0.5) is 15.8 Å². The van der Waals surface area contributed by atoms with Gasteiger partial charge in [0.1, 0.15) is 11.9 Å². The summed E-state index contributed by atoms with van der Waals surface area (Å²) in [6.07, 6.45) is -0.412. The molecule has 0 aliphatic carbocycles. The highest BCUT2D eigenvalue weighted by Crippen LogP contribution is 2.29. The highest BCUT2D eigenvalue weighted by molar-refractivity contribution is 7.17. The Kier molecular flexibility index (Phi) is 6.24. The number of benzene rings is 1. The zero-order chi connectivity index (χ0) is 21.3. The van der Waals surface area contributed by atoms with Gasteiger partial charge in [-0.05, 0) is 31.3 Å². The first-order valence-electron chi connectivity index (χ1n) is 9.67. The summed E-state index contributed by atoms with van der Waals surface area (Å²) in [5.41, 5.74) is 0.867. The third-order valence-corrected chi connectivity index (χ3v) is 6.41. The van der Waals surface area contributed by atoms with Crippen LogP contribution in [0, 0.1) is 5.82 Å². The molecule has 2 amide bonds. The number of amides is 2. The minimum absolute atomic E-state index is 0.104. The standard InChI is InChI=1S/C20H22ClFN4O3S/c1-24-6-8-25(9-7-24)16-3-2-13(10-15(16)22)26-19(27)11-14(29-26)12-23-20(28)17-4-5-18(21)30-17/h2-5,10,14H,6-9,11-12H2,1H3,(H,23,28)/t14-/m0/s1. The van der Waals surface area contributed by atoms with Gasteiger partial charge in [-0.1, -0.05) is 11.6 Å². The zero-order valence-electron chi connectivity index (χ0n) is 16.4. The number of rotatable bonds is 5. The molecule has 3 heterocycles. The van der Waals surface area contributed by atoms with Crippen LogP contribution in [0.3, 0.4) is 0 Å². The second kappa shape index (κ2) is 8.89. The average Bonchev–Trinajstić information content (AvgIpc) is 3.32. The van der Waals surface area contributed by atoms with Crippen molar-refractivity contribution < 1.29 is 18.8 Å². The molecule has 1 aromatic heterocycles. The van der Waals surface area contributed by atoms with Crippen LogP contribution < -0.4 is 15.3 Å². The number of anilines is 2. The fraction of sp³-hybridized carbons (Fsp3) is 0.400. The molecule has 0 bridgehead atoms. The van der Waals surface area contributed by atoms with E-state index in [-0.39, 0.29) is 30.6 Å². The van der Waals surface area contributed by atoms with Gasteiger partial charge in [-0.25, -0.2) is 4.39 Å². The van der Waals surface area contributed by atoms with E-state index in [2.05, 4.69) is 10.2 Å². The number of thiophene rings is 1. The second-order valence-electron chi connectivity index (χ2n) is 7.36. The van der Waals surface area contributed by atoms with Crippen LogP contribution in [0.5, 0.6) is 0 Å². The van der Waals surface area contributed by atoms with Crippen LogP contribution in [0.25, 0.3) is 0 Å². The van der Waals surface area contributed by atoms with Crippen molar-refractivity contribution in [3.63, 3.8) is 0 Å². The molecule has 1 atom stereocenters. The SMILES string of the molecule is CN1CCN(c2ccc(N3O[C@H](CNC(=O)c4ccc(Cl)s4)CC3=O)cc2F)CC1. The third kappa shape index (κ3) is 4.59. The molecule has 2 aromatic rings. The molecule has 1 aromatic carbocycles. The Balaban J connectivity index is 1.37. The quantitative estimate of drug-likeness (QED) is 0.755. The van der Waals surface area contributed by atoms with Gasteiger partial charge in [0, 0.05) is 38.8 Å². The number of hydrogen-bond acceptors (Lipinski definition) is 6. The minimum atomic E-state index is -0.516. The van der Waals surface area contributed by atoms with E-state index >= 15 is 0 Å². The topological polar surface area (TPSA) is 65.1 Å². The molecule has 2 fully saturated rings. The maximum atomic E-state index is 14.7. The second-order valence-corrected chi connectivity index (χ2v) is 9.07. The van der Waals surface area contributed by atoms with Gasteiger partial charge in [0.2, 0.25) is 0 Å². The zero-order valence-corrected chi connectivity index (χ0v) is 18.0. The van der Waals surface area contributed by atoms with Gasteiger partial charge in [-0.3, -0.25) is 14.4 Å². The lowest BCUT2D eigenvalue weighted by atomic mass is 10.2. The molecule has 0 spiro atoms. The summed E-state index contributed by atoms with van der Waals surface area (Å²) in [6, 6.07) is 7.98. The molecule has 0 saturated carbocycles. The van der Waals surface area contributed by atoms with Crippen molar-refractivity contribution in [2.75, 3.05) is 49.7 Å². The molecule has 0 radical (unpaired) electrons. The van der Waals surface area contributed by atoms with Gasteiger partial charge in [-0.15, -0.1) is 11.3 Å². The van der Waals surface area contributed by atoms with Gasteiger partial charge in [-0.2, -0.15) is 5.06 Å². The first kappa shape index (κ1) is 21.0. The van der Waals surface area contributed by atoms with E-state index < -0.39 is 6.10 Å². The summed E-state index contributed by atoms with van der Waals surface area (Å²) in [5.74, 6) is -0.941. The first-order valence-corrected chi connectivity index (χ1v) is 10.9. The lowest BCUT2D eigenvalue weighted by Crippen LogP contribution is -2.44. The molecule has 2 aliphatic heterocycles. The van der Waals surface area contributed by atoms with Crippen molar-refractivity contribution in [2.45, 2.75) is 12.5 Å². The third-order valence-electron chi connectivity index (χ3n) is 5.18. The maximum absolute atomic E-state index is 14.7. The van der Waals surface area contributed by atoms with Crippen LogP contribution in [0.2, 0.25) is 4.34 Å². The van der Waals surface area contributed by atoms with E-state index in [0.29, 0.717) is 20.6 Å². The number of carbonyl (C=O) groups excluding carboxylic acids is 2. The summed E-state index contributed by atoms with van der Waals surface area (Å²) in [5, 5.41) is 3.84. The fourth-order valence-corrected chi connectivity index (χ4v) is 4.45. The predicted molar refractivity (Wildman–Crippen MR) is 115 cm³/mol. The molecular formula is C20H22ClFN4O3S. The van der Waals surface area contributed by atoms with Crippen molar-refractivity contribution in [1.82, 2.24) is 10.2 Å². The Morgan fingerprint density at radius 3 is 2.70 bits per heavy atom. The van der Waals surface area contributed by atoms with Crippen LogP contribution in [-0.4, -0.2) is 62.6 Å². The summed E-state index contributed by atoms with van der Waals surface area (Å²) in [6.45, 7) is 3.42. The van der Waals surface area contributed by atoms with Crippen molar-refractivity contribution in [1.29, 1.82) is 0 Å². The van der Waals surface area contributed by atoms with E-state index in [0.717, 1.165) is 31.2 Å². The van der Waals surface area contributed by atoms with E-state index in [1.54, 1.807) is 24.3 Å². The van der Waals surface area contributed by atoms with Gasteiger partial charge < -0.3 is 15.1 Å². The molecule has 7 nitrogen and oxygen atoms in total. The number of nitrogens with one attached hydrogen (secondary N) is 1. The highest BCUT2D eigenvalue weighted by Gasteiger charge is 2.33. The van der Waals surface area contributed by atoms with Gasteiger partial charge in [0.05, 0.1) is 27.0 Å². The van der Waals surface area contributed by atoms with Gasteiger partial charge >= 0.3 is 0 Å². The van der Waals surface area contributed by atoms with Gasteiger partial charge in [0.15, 0.2) is 0 Å². The Morgan fingerprint density at radius 2 is 2.03 bits per heavy atom.